The second-order valence-electron chi connectivity index (χ2n) is 29.7. The van der Waals surface area contributed by atoms with Gasteiger partial charge in [0, 0.05) is 204 Å². The molecule has 0 unspecified atom stereocenters. The van der Waals surface area contributed by atoms with Gasteiger partial charge in [0.05, 0.1) is 28.3 Å². The predicted molar refractivity (Wildman–Crippen MR) is 440 cm³/mol. The zero-order valence-electron chi connectivity index (χ0n) is 66.4. The number of pyridine rings is 3. The van der Waals surface area contributed by atoms with Crippen molar-refractivity contribution < 1.29 is 90.0 Å². The molecule has 3 N–H and O–H groups in total. The molecule has 0 atom stereocenters. The molecule has 12 nitrogen and oxygen atoms in total. The van der Waals surface area contributed by atoms with Gasteiger partial charge in [0.15, 0.2) is 17.3 Å². The number of benzene rings is 6. The largest absolute Gasteiger partial charge is 0.512 e. The molecule has 0 saturated carbocycles. The SMILES string of the molecule is CC(C)CC(=O)C=C(O)CC(C)C.CC(C)CC(=O)C=C(O)CC(C)C.CC(C)CC(=O)C=C(O)CC(C)C.CCn1c2ccccc2c2cc(-c3[c-]ccc(C)c3)ncc21.CCn1c2ccccc2c2ccc(-c3[c-]ccc(C)c3)nc21.CCn1c2ccccc2c2ccnc(-c3[c-]ccc(C)c3)c21.[Ir].[Ir].[Ir]. The topological polar surface area (TPSA) is 165 Å². The molecule has 6 aromatic carbocycles. The van der Waals surface area contributed by atoms with Crippen molar-refractivity contribution in [3.63, 3.8) is 0 Å². The number of hydrogen-bond acceptors (Lipinski definition) is 9. The summed E-state index contributed by atoms with van der Waals surface area (Å²) in [6.45, 7) is 39.6. The number of para-hydroxylation sites is 3. The van der Waals surface area contributed by atoms with Gasteiger partial charge in [0.2, 0.25) is 0 Å². The Kier molecular flexibility index (Phi) is 38.4. The van der Waals surface area contributed by atoms with Gasteiger partial charge in [0.25, 0.3) is 0 Å². The number of aliphatic hydroxyl groups is 3. The molecule has 6 aromatic heterocycles. The summed E-state index contributed by atoms with van der Waals surface area (Å²) in [7, 11) is 0. The van der Waals surface area contributed by atoms with Crippen molar-refractivity contribution in [2.75, 3.05) is 0 Å². The maximum absolute atomic E-state index is 11.2. The first-order chi connectivity index (χ1) is 50.1. The molecular formula is C93H111Ir3N6O6-3. The molecule has 15 heteroatoms. The number of fused-ring (bicyclic) bond motifs is 9. The molecule has 0 aliphatic heterocycles. The average Bonchev–Trinajstić information content (AvgIpc) is 1.61. The number of aryl methyl sites for hydroxylation is 6. The Bertz CT molecular complexity index is 4870. The fourth-order valence-electron chi connectivity index (χ4n) is 12.9. The Morgan fingerprint density at radius 2 is 0.759 bits per heavy atom. The summed E-state index contributed by atoms with van der Waals surface area (Å²) in [4.78, 5) is 47.9. The van der Waals surface area contributed by atoms with E-state index in [0.29, 0.717) is 74.0 Å². The van der Waals surface area contributed by atoms with Gasteiger partial charge in [-0.15, -0.1) is 106 Å². The van der Waals surface area contributed by atoms with Crippen molar-refractivity contribution in [3.05, 3.63) is 234 Å². The number of allylic oxidation sites excluding steroid dienone is 6. The Morgan fingerprint density at radius 3 is 1.18 bits per heavy atom. The van der Waals surface area contributed by atoms with Crippen molar-refractivity contribution in [2.24, 2.45) is 35.5 Å². The molecule has 0 saturated heterocycles. The Labute approximate surface area is 682 Å². The number of ketones is 3. The van der Waals surface area contributed by atoms with Crippen molar-refractivity contribution in [2.45, 2.75) is 183 Å². The van der Waals surface area contributed by atoms with Crippen LogP contribution in [0.15, 0.2) is 200 Å². The third-order valence-corrected chi connectivity index (χ3v) is 17.2. The summed E-state index contributed by atoms with van der Waals surface area (Å²) in [6, 6.07) is 62.6. The predicted octanol–water partition coefficient (Wildman–Crippen LogP) is 24.2. The minimum absolute atomic E-state index is 0. The number of aromatic nitrogens is 6. The summed E-state index contributed by atoms with van der Waals surface area (Å²) >= 11 is 0. The van der Waals surface area contributed by atoms with Gasteiger partial charge >= 0.3 is 0 Å². The molecule has 579 valence electrons. The summed E-state index contributed by atoms with van der Waals surface area (Å²) in [6.07, 6.45) is 11.3. The molecule has 0 fully saturated rings. The molecule has 108 heavy (non-hydrogen) atoms. The van der Waals surface area contributed by atoms with Gasteiger partial charge in [-0.05, 0) is 91.9 Å². The fourth-order valence-corrected chi connectivity index (χ4v) is 12.9. The molecule has 3 radical (unpaired) electrons. The molecule has 0 aliphatic carbocycles. The molecule has 6 heterocycles. The van der Waals surface area contributed by atoms with Crippen LogP contribution in [0.2, 0.25) is 0 Å². The Hall–Kier alpha value is -8.25. The third kappa shape index (κ3) is 26.8. The van der Waals surface area contributed by atoms with E-state index in [4.69, 9.17) is 4.98 Å². The van der Waals surface area contributed by atoms with Gasteiger partial charge < -0.3 is 39.0 Å². The van der Waals surface area contributed by atoms with Crippen LogP contribution in [-0.2, 0) is 94.3 Å². The van der Waals surface area contributed by atoms with Crippen LogP contribution in [0.3, 0.4) is 0 Å². The van der Waals surface area contributed by atoms with Crippen LogP contribution < -0.4 is 0 Å². The standard InChI is InChI=1S/3C20H17N2.3C11H20O2.3Ir/c1-3-22-19-10-5-4-9-16(19)17-12-18(21-13-20(17)22)15-8-6-7-14(2)11-15;1-3-22-19-10-5-4-9-16(19)17-11-12-18(21-20(17)22)15-8-6-7-14(2)13-15;1-3-22-18-10-5-4-9-16(18)17-11-12-21-19(20(17)22)15-8-6-7-14(2)13-15;3*1-8(2)5-10(12)7-11(13)6-9(3)4;;;/h3*4-7,9-13H,3H2,1-2H3;3*7-9,12H,5-6H2,1-4H3;;;/q3*-1;;;;;;. The monoisotopic (exact) mass is 1990 g/mol. The van der Waals surface area contributed by atoms with E-state index in [1.165, 1.54) is 94.8 Å². The van der Waals surface area contributed by atoms with Gasteiger partial charge in [-0.3, -0.25) is 19.4 Å². The molecule has 0 spiro atoms. The first kappa shape index (κ1) is 92.1. The molecule has 0 amide bonds. The number of carbonyl (C=O) groups is 3. The number of nitrogens with zero attached hydrogens (tertiary/aromatic N) is 6. The van der Waals surface area contributed by atoms with E-state index in [0.717, 1.165) is 59.1 Å². The number of hydrogen-bond donors (Lipinski definition) is 3. The maximum atomic E-state index is 11.2. The molecule has 12 aromatic rings. The van der Waals surface area contributed by atoms with Crippen LogP contribution in [-0.4, -0.2) is 61.3 Å². The number of rotatable bonds is 21. The first-order valence-corrected chi connectivity index (χ1v) is 37.4. The Balaban J connectivity index is 0.000000278. The van der Waals surface area contributed by atoms with E-state index >= 15 is 0 Å². The van der Waals surface area contributed by atoms with Crippen LogP contribution in [0, 0.1) is 74.5 Å². The Morgan fingerprint density at radius 1 is 0.389 bits per heavy atom. The first-order valence-electron chi connectivity index (χ1n) is 37.4. The number of carbonyl (C=O) groups excluding carboxylic acids is 3. The summed E-state index contributed by atoms with van der Waals surface area (Å²) in [5.74, 6) is 2.94. The van der Waals surface area contributed by atoms with E-state index < -0.39 is 0 Å². The normalized spacial score (nSPS) is 11.5. The van der Waals surface area contributed by atoms with E-state index in [1.807, 2.05) is 114 Å². The van der Waals surface area contributed by atoms with Crippen LogP contribution in [0.25, 0.3) is 99.3 Å². The van der Waals surface area contributed by atoms with Crippen LogP contribution in [0.5, 0.6) is 0 Å². The minimum atomic E-state index is 0. The third-order valence-electron chi connectivity index (χ3n) is 17.2. The van der Waals surface area contributed by atoms with Crippen molar-refractivity contribution >= 4 is 82.9 Å². The summed E-state index contributed by atoms with van der Waals surface area (Å²) in [5.41, 5.74) is 17.1. The van der Waals surface area contributed by atoms with E-state index in [2.05, 4.69) is 217 Å². The molecular weight excluding hydrogens is 1870 g/mol. The molecule has 0 bridgehead atoms. The van der Waals surface area contributed by atoms with Gasteiger partial charge in [-0.1, -0.05) is 177 Å². The van der Waals surface area contributed by atoms with E-state index in [-0.39, 0.29) is 94.9 Å². The fraction of sp³-hybridized carbons (Fsp3) is 0.355. The molecule has 0 aliphatic rings. The van der Waals surface area contributed by atoms with Crippen molar-refractivity contribution in [3.8, 4) is 33.8 Å². The molecule has 12 rings (SSSR count). The average molecular weight is 1990 g/mol. The van der Waals surface area contributed by atoms with Crippen molar-refractivity contribution in [1.29, 1.82) is 0 Å². The van der Waals surface area contributed by atoms with E-state index in [1.54, 1.807) is 0 Å². The van der Waals surface area contributed by atoms with E-state index in [9.17, 15) is 29.7 Å². The zero-order valence-corrected chi connectivity index (χ0v) is 73.6. The summed E-state index contributed by atoms with van der Waals surface area (Å²) in [5, 5.41) is 35.6. The maximum Gasteiger partial charge on any atom is 0.159 e. The van der Waals surface area contributed by atoms with Crippen LogP contribution in [0.1, 0.15) is 159 Å². The number of aliphatic hydroxyl groups excluding tert-OH is 3. The zero-order chi connectivity index (χ0) is 76.6. The second kappa shape index (κ2) is 45.0. The van der Waals surface area contributed by atoms with Gasteiger partial charge in [-0.25, -0.2) is 0 Å². The van der Waals surface area contributed by atoms with Gasteiger partial charge in [-0.2, -0.15) is 0 Å². The summed E-state index contributed by atoms with van der Waals surface area (Å²) < 4.78 is 6.95. The minimum Gasteiger partial charge on any atom is -0.512 e. The van der Waals surface area contributed by atoms with Crippen LogP contribution in [0.4, 0.5) is 0 Å². The van der Waals surface area contributed by atoms with Crippen LogP contribution >= 0.6 is 0 Å². The van der Waals surface area contributed by atoms with Crippen molar-refractivity contribution in [1.82, 2.24) is 28.7 Å². The second-order valence-corrected chi connectivity index (χ2v) is 29.7. The smallest absolute Gasteiger partial charge is 0.159 e. The quantitative estimate of drug-likeness (QED) is 0.0361. The van der Waals surface area contributed by atoms with Gasteiger partial charge in [0.1, 0.15) is 5.65 Å².